The van der Waals surface area contributed by atoms with Crippen LogP contribution in [-0.2, 0) is 14.4 Å². The zero-order valence-corrected chi connectivity index (χ0v) is 20.1. The highest BCUT2D eigenvalue weighted by atomic mass is 35.5. The quantitative estimate of drug-likeness (QED) is 0.586. The molecule has 1 aliphatic carbocycles. The van der Waals surface area contributed by atoms with E-state index < -0.39 is 11.5 Å². The van der Waals surface area contributed by atoms with E-state index >= 15 is 0 Å². The van der Waals surface area contributed by atoms with Crippen LogP contribution in [0, 0.1) is 17.3 Å². The van der Waals surface area contributed by atoms with E-state index in [4.69, 9.17) is 11.6 Å². The minimum atomic E-state index is -0.729. The van der Waals surface area contributed by atoms with Crippen molar-refractivity contribution < 1.29 is 14.4 Å². The zero-order chi connectivity index (χ0) is 22.5. The van der Waals surface area contributed by atoms with Crippen LogP contribution in [0.1, 0.15) is 73.1 Å². The number of hydrogen-bond donors (Lipinski definition) is 1. The van der Waals surface area contributed by atoms with Crippen molar-refractivity contribution in [2.45, 2.75) is 85.2 Å². The Morgan fingerprint density at radius 2 is 1.77 bits per heavy atom. The molecule has 1 saturated heterocycles. The summed E-state index contributed by atoms with van der Waals surface area (Å²) in [6, 6.07) is -0.599. The molecule has 0 bridgehead atoms. The molecule has 0 radical (unpaired) electrons. The molecule has 0 aromatic heterocycles. The molecule has 1 N–H and O–H groups in total. The minimum Gasteiger partial charge on any atom is -0.344 e. The summed E-state index contributed by atoms with van der Waals surface area (Å²) >= 11 is 5.92. The zero-order valence-electron chi connectivity index (χ0n) is 19.4. The van der Waals surface area contributed by atoms with E-state index in [1.165, 1.54) is 25.7 Å². The Hall–Kier alpha value is -1.30. The minimum absolute atomic E-state index is 0.0124. The Balaban J connectivity index is 1.92. The van der Waals surface area contributed by atoms with Gasteiger partial charge in [0.15, 0.2) is 0 Å². The molecule has 172 valence electrons. The van der Waals surface area contributed by atoms with Gasteiger partial charge in [0.05, 0.1) is 5.41 Å². The third kappa shape index (κ3) is 6.35. The molecule has 1 saturated carbocycles. The Bertz CT molecular complexity index is 617. The average molecular weight is 442 g/mol. The third-order valence-electron chi connectivity index (χ3n) is 6.67. The van der Waals surface area contributed by atoms with Gasteiger partial charge in [0.1, 0.15) is 6.04 Å². The summed E-state index contributed by atoms with van der Waals surface area (Å²) in [4.78, 5) is 42.2. The van der Waals surface area contributed by atoms with Gasteiger partial charge in [-0.25, -0.2) is 0 Å². The third-order valence-corrected chi connectivity index (χ3v) is 7.34. The number of carbonyl (C=O) groups is 3. The topological polar surface area (TPSA) is 69.7 Å². The number of halogens is 1. The molecule has 2 aliphatic rings. The van der Waals surface area contributed by atoms with Crippen LogP contribution in [0.15, 0.2) is 0 Å². The lowest BCUT2D eigenvalue weighted by molar-refractivity contribution is -0.146. The lowest BCUT2D eigenvalue weighted by atomic mass is 9.93. The first-order valence-electron chi connectivity index (χ1n) is 11.5. The van der Waals surface area contributed by atoms with Crippen LogP contribution in [0.3, 0.4) is 0 Å². The maximum atomic E-state index is 13.2. The van der Waals surface area contributed by atoms with Crippen LogP contribution < -0.4 is 5.32 Å². The van der Waals surface area contributed by atoms with E-state index in [0.29, 0.717) is 32.0 Å². The lowest BCUT2D eigenvalue weighted by Crippen LogP contribution is -2.60. The number of alkyl halides is 1. The van der Waals surface area contributed by atoms with Crippen LogP contribution in [0.2, 0.25) is 0 Å². The Labute approximate surface area is 187 Å². The Kier molecular flexibility index (Phi) is 9.01. The van der Waals surface area contributed by atoms with E-state index in [2.05, 4.69) is 5.32 Å². The monoisotopic (exact) mass is 441 g/mol. The predicted molar refractivity (Wildman–Crippen MR) is 120 cm³/mol. The second-order valence-electron chi connectivity index (χ2n) is 10.1. The lowest BCUT2D eigenvalue weighted by Gasteiger charge is -2.42. The van der Waals surface area contributed by atoms with Crippen molar-refractivity contribution in [1.82, 2.24) is 15.1 Å². The SMILES string of the molecule is CC(C)C(NC(=O)C(C)(C)CCl)C(=O)N1CCN(C(=O)CCC2CCCC2)C(C)C1. The predicted octanol–water partition coefficient (Wildman–Crippen LogP) is 3.42. The molecule has 0 spiro atoms. The number of amides is 3. The van der Waals surface area contributed by atoms with Crippen molar-refractivity contribution in [1.29, 1.82) is 0 Å². The van der Waals surface area contributed by atoms with Crippen molar-refractivity contribution >= 4 is 29.3 Å². The summed E-state index contributed by atoms with van der Waals surface area (Å²) < 4.78 is 0. The van der Waals surface area contributed by atoms with Gasteiger partial charge in [0.2, 0.25) is 17.7 Å². The van der Waals surface area contributed by atoms with Crippen LogP contribution in [-0.4, -0.2) is 65.1 Å². The summed E-state index contributed by atoms with van der Waals surface area (Å²) in [5, 5.41) is 2.91. The number of rotatable bonds is 8. The van der Waals surface area contributed by atoms with E-state index in [1.807, 2.05) is 25.7 Å². The normalized spacial score (nSPS) is 21.8. The Morgan fingerprint density at radius 1 is 1.13 bits per heavy atom. The van der Waals surface area contributed by atoms with E-state index in [0.717, 1.165) is 6.42 Å². The van der Waals surface area contributed by atoms with Gasteiger partial charge in [0, 0.05) is 38.0 Å². The van der Waals surface area contributed by atoms with Crippen LogP contribution in [0.5, 0.6) is 0 Å². The summed E-state index contributed by atoms with van der Waals surface area (Å²) in [5.74, 6) is 0.788. The van der Waals surface area contributed by atoms with Crippen molar-refractivity contribution in [3.63, 3.8) is 0 Å². The second-order valence-corrected chi connectivity index (χ2v) is 10.4. The number of piperazine rings is 1. The van der Waals surface area contributed by atoms with Gasteiger partial charge in [-0.3, -0.25) is 14.4 Å². The highest BCUT2D eigenvalue weighted by Crippen LogP contribution is 2.29. The van der Waals surface area contributed by atoms with Crippen LogP contribution in [0.4, 0.5) is 0 Å². The van der Waals surface area contributed by atoms with Crippen LogP contribution in [0.25, 0.3) is 0 Å². The fourth-order valence-corrected chi connectivity index (χ4v) is 4.53. The first-order valence-corrected chi connectivity index (χ1v) is 12.1. The molecule has 3 amide bonds. The van der Waals surface area contributed by atoms with Gasteiger partial charge in [-0.15, -0.1) is 11.6 Å². The molecular weight excluding hydrogens is 402 g/mol. The molecule has 0 aromatic rings. The molecule has 2 rings (SSSR count). The molecule has 7 heteroatoms. The molecule has 6 nitrogen and oxygen atoms in total. The molecule has 1 aliphatic heterocycles. The fourth-order valence-electron chi connectivity index (χ4n) is 4.41. The number of nitrogens with one attached hydrogen (secondary N) is 1. The Morgan fingerprint density at radius 3 is 2.30 bits per heavy atom. The number of carbonyl (C=O) groups excluding carboxylic acids is 3. The summed E-state index contributed by atoms with van der Waals surface area (Å²) in [6.07, 6.45) is 6.71. The summed E-state index contributed by atoms with van der Waals surface area (Å²) in [6.45, 7) is 11.0. The van der Waals surface area contributed by atoms with Gasteiger partial charge in [-0.05, 0) is 39.0 Å². The summed E-state index contributed by atoms with van der Waals surface area (Å²) in [5.41, 5.74) is -0.729. The smallest absolute Gasteiger partial charge is 0.245 e. The van der Waals surface area contributed by atoms with Crippen molar-refractivity contribution in [2.24, 2.45) is 17.3 Å². The van der Waals surface area contributed by atoms with Crippen molar-refractivity contribution in [2.75, 3.05) is 25.5 Å². The largest absolute Gasteiger partial charge is 0.344 e. The fraction of sp³-hybridized carbons (Fsp3) is 0.870. The van der Waals surface area contributed by atoms with Crippen molar-refractivity contribution in [3.05, 3.63) is 0 Å². The van der Waals surface area contributed by atoms with E-state index in [9.17, 15) is 14.4 Å². The molecule has 2 atom stereocenters. The molecule has 2 unspecified atom stereocenters. The number of hydrogen-bond acceptors (Lipinski definition) is 3. The molecule has 2 fully saturated rings. The van der Waals surface area contributed by atoms with Gasteiger partial charge < -0.3 is 15.1 Å². The maximum Gasteiger partial charge on any atom is 0.245 e. The van der Waals surface area contributed by atoms with Gasteiger partial charge in [-0.1, -0.05) is 39.5 Å². The highest BCUT2D eigenvalue weighted by Gasteiger charge is 2.37. The van der Waals surface area contributed by atoms with E-state index in [1.54, 1.807) is 18.7 Å². The molecular formula is C23H40ClN3O3. The first kappa shape index (κ1) is 25.0. The second kappa shape index (κ2) is 10.8. The standard InChI is InChI=1S/C23H40ClN3O3/c1-16(2)20(25-22(30)23(4,5)15-24)21(29)26-12-13-27(17(3)14-26)19(28)11-10-18-8-6-7-9-18/h16-18,20H,6-15H2,1-5H3,(H,25,30). The van der Waals surface area contributed by atoms with Crippen molar-refractivity contribution in [3.8, 4) is 0 Å². The molecule has 30 heavy (non-hydrogen) atoms. The molecule has 1 heterocycles. The first-order chi connectivity index (χ1) is 14.1. The van der Waals surface area contributed by atoms with Gasteiger partial charge >= 0.3 is 0 Å². The maximum absolute atomic E-state index is 13.2. The highest BCUT2D eigenvalue weighted by molar-refractivity contribution is 6.19. The van der Waals surface area contributed by atoms with Gasteiger partial charge in [0.25, 0.3) is 0 Å². The van der Waals surface area contributed by atoms with Crippen LogP contribution >= 0.6 is 11.6 Å². The van der Waals surface area contributed by atoms with E-state index in [-0.39, 0.29) is 35.6 Å². The summed E-state index contributed by atoms with van der Waals surface area (Å²) in [7, 11) is 0. The van der Waals surface area contributed by atoms with Gasteiger partial charge in [-0.2, -0.15) is 0 Å². The average Bonchev–Trinajstić information content (AvgIpc) is 3.22. The number of nitrogens with zero attached hydrogens (tertiary/aromatic N) is 2. The molecule has 0 aromatic carbocycles.